The van der Waals surface area contributed by atoms with Crippen LogP contribution in [0.25, 0.3) is 0 Å². The van der Waals surface area contributed by atoms with Gasteiger partial charge in [-0.15, -0.1) is 0 Å². The lowest BCUT2D eigenvalue weighted by atomic mass is 9.90. The molecule has 1 aliphatic heterocycles. The van der Waals surface area contributed by atoms with Crippen molar-refractivity contribution in [2.45, 2.75) is 37.3 Å². The Bertz CT molecular complexity index is 370. The van der Waals surface area contributed by atoms with Crippen LogP contribution in [-0.4, -0.2) is 33.5 Å². The van der Waals surface area contributed by atoms with Gasteiger partial charge < -0.3 is 10.1 Å². The number of morpholine rings is 1. The van der Waals surface area contributed by atoms with Crippen molar-refractivity contribution >= 4 is 0 Å². The zero-order valence-electron chi connectivity index (χ0n) is 9.65. The third kappa shape index (κ3) is 1.55. The average Bonchev–Trinajstić information content (AvgIpc) is 2.90. The van der Waals surface area contributed by atoms with E-state index < -0.39 is 0 Å². The van der Waals surface area contributed by atoms with Crippen molar-refractivity contribution in [3.8, 4) is 0 Å². The summed E-state index contributed by atoms with van der Waals surface area (Å²) in [5, 5.41) is 7.93. The van der Waals surface area contributed by atoms with Crippen LogP contribution in [0.2, 0.25) is 0 Å². The molecule has 3 rings (SSSR count). The van der Waals surface area contributed by atoms with Crippen LogP contribution in [-0.2, 0) is 11.8 Å². The first-order valence-electron chi connectivity index (χ1n) is 6.03. The zero-order valence-corrected chi connectivity index (χ0v) is 9.65. The van der Waals surface area contributed by atoms with Crippen LogP contribution in [0.3, 0.4) is 0 Å². The second-order valence-electron chi connectivity index (χ2n) is 4.78. The highest BCUT2D eigenvalue weighted by Crippen LogP contribution is 2.43. The van der Waals surface area contributed by atoms with E-state index in [1.165, 1.54) is 12.8 Å². The normalized spacial score (nSPS) is 28.7. The quantitative estimate of drug-likeness (QED) is 0.763. The Labute approximate surface area is 95.2 Å². The van der Waals surface area contributed by atoms with E-state index in [1.54, 1.807) is 11.0 Å². The van der Waals surface area contributed by atoms with Crippen molar-refractivity contribution in [3.05, 3.63) is 12.2 Å². The van der Waals surface area contributed by atoms with E-state index in [9.17, 15) is 0 Å². The van der Waals surface area contributed by atoms with Crippen molar-refractivity contribution in [2.24, 2.45) is 7.05 Å². The Morgan fingerprint density at radius 3 is 3.00 bits per heavy atom. The molecule has 0 amide bonds. The van der Waals surface area contributed by atoms with Gasteiger partial charge in [0, 0.05) is 13.6 Å². The van der Waals surface area contributed by atoms with Crippen LogP contribution < -0.4 is 5.32 Å². The number of hydrogen-bond acceptors (Lipinski definition) is 4. The van der Waals surface area contributed by atoms with Gasteiger partial charge in [-0.3, -0.25) is 4.68 Å². The van der Waals surface area contributed by atoms with Gasteiger partial charge in [0.05, 0.1) is 18.2 Å². The van der Waals surface area contributed by atoms with Gasteiger partial charge in [0.2, 0.25) is 0 Å². The van der Waals surface area contributed by atoms with E-state index in [0.717, 1.165) is 31.8 Å². The fourth-order valence-electron chi connectivity index (χ4n) is 2.95. The lowest BCUT2D eigenvalue weighted by molar-refractivity contribution is -0.0955. The maximum absolute atomic E-state index is 6.05. The first-order chi connectivity index (χ1) is 7.80. The molecule has 88 valence electrons. The Kier molecular flexibility index (Phi) is 2.44. The van der Waals surface area contributed by atoms with Crippen LogP contribution in [0.4, 0.5) is 0 Å². The van der Waals surface area contributed by atoms with Crippen molar-refractivity contribution in [2.75, 3.05) is 13.2 Å². The van der Waals surface area contributed by atoms with Gasteiger partial charge in [-0.2, -0.15) is 5.10 Å². The topological polar surface area (TPSA) is 52.0 Å². The summed E-state index contributed by atoms with van der Waals surface area (Å²) in [5.41, 5.74) is -0.0421. The first-order valence-corrected chi connectivity index (χ1v) is 6.03. The molecule has 1 saturated heterocycles. The van der Waals surface area contributed by atoms with Crippen molar-refractivity contribution in [3.63, 3.8) is 0 Å². The van der Waals surface area contributed by atoms with Gasteiger partial charge in [0.1, 0.15) is 6.33 Å². The number of nitrogens with zero attached hydrogens (tertiary/aromatic N) is 3. The number of aryl methyl sites for hydroxylation is 1. The second kappa shape index (κ2) is 3.82. The number of rotatable bonds is 1. The molecular weight excluding hydrogens is 204 g/mol. The van der Waals surface area contributed by atoms with E-state index in [1.807, 2.05) is 7.05 Å². The van der Waals surface area contributed by atoms with E-state index in [-0.39, 0.29) is 11.6 Å². The summed E-state index contributed by atoms with van der Waals surface area (Å²) >= 11 is 0. The van der Waals surface area contributed by atoms with E-state index in [0.29, 0.717) is 0 Å². The third-order valence-corrected chi connectivity index (χ3v) is 3.69. The van der Waals surface area contributed by atoms with Gasteiger partial charge in [-0.1, -0.05) is 12.8 Å². The van der Waals surface area contributed by atoms with Gasteiger partial charge in [0.15, 0.2) is 5.82 Å². The molecule has 1 atom stereocenters. The number of nitrogens with one attached hydrogen (secondary N) is 1. The summed E-state index contributed by atoms with van der Waals surface area (Å²) in [6.45, 7) is 1.70. The van der Waals surface area contributed by atoms with Crippen LogP contribution in [0, 0.1) is 0 Å². The standard InChI is InChI=1S/C11H18N4O/c1-15-8-13-10(14-15)9-11(4-2-3-5-11)16-7-6-12-9/h8-9,12H,2-7H2,1H3. The molecule has 5 nitrogen and oxygen atoms in total. The number of aromatic nitrogens is 3. The van der Waals surface area contributed by atoms with E-state index >= 15 is 0 Å². The highest BCUT2D eigenvalue weighted by molar-refractivity contribution is 5.08. The molecule has 0 radical (unpaired) electrons. The lowest BCUT2D eigenvalue weighted by Gasteiger charge is -2.40. The predicted molar refractivity (Wildman–Crippen MR) is 58.9 cm³/mol. The molecule has 1 aliphatic carbocycles. The number of hydrogen-bond donors (Lipinski definition) is 1. The fourth-order valence-corrected chi connectivity index (χ4v) is 2.95. The molecule has 1 spiro atoms. The monoisotopic (exact) mass is 222 g/mol. The summed E-state index contributed by atoms with van der Waals surface area (Å²) in [5.74, 6) is 0.879. The molecular formula is C11H18N4O. The maximum atomic E-state index is 6.05. The molecule has 2 heterocycles. The molecule has 0 bridgehead atoms. The van der Waals surface area contributed by atoms with E-state index in [2.05, 4.69) is 15.4 Å². The third-order valence-electron chi connectivity index (χ3n) is 3.69. The minimum Gasteiger partial charge on any atom is -0.372 e. The Hall–Kier alpha value is -0.940. The molecule has 1 saturated carbocycles. The fraction of sp³-hybridized carbons (Fsp3) is 0.818. The summed E-state index contributed by atoms with van der Waals surface area (Å²) in [6, 6.07) is 0.171. The highest BCUT2D eigenvalue weighted by Gasteiger charge is 2.46. The van der Waals surface area contributed by atoms with Crippen LogP contribution in [0.1, 0.15) is 37.5 Å². The molecule has 0 aromatic carbocycles. The maximum Gasteiger partial charge on any atom is 0.170 e. The van der Waals surface area contributed by atoms with E-state index in [4.69, 9.17) is 4.74 Å². The Morgan fingerprint density at radius 2 is 2.31 bits per heavy atom. The zero-order chi connectivity index (χ0) is 11.0. The first kappa shape index (κ1) is 10.2. The number of ether oxygens (including phenoxy) is 1. The van der Waals surface area contributed by atoms with Gasteiger partial charge in [-0.25, -0.2) is 4.98 Å². The second-order valence-corrected chi connectivity index (χ2v) is 4.78. The van der Waals surface area contributed by atoms with Gasteiger partial charge >= 0.3 is 0 Å². The minimum atomic E-state index is -0.0421. The summed E-state index contributed by atoms with van der Waals surface area (Å²) in [4.78, 5) is 4.37. The van der Waals surface area contributed by atoms with Crippen molar-refractivity contribution in [1.29, 1.82) is 0 Å². The lowest BCUT2D eigenvalue weighted by Crippen LogP contribution is -2.51. The van der Waals surface area contributed by atoms with Crippen LogP contribution in [0.5, 0.6) is 0 Å². The van der Waals surface area contributed by atoms with Crippen molar-refractivity contribution in [1.82, 2.24) is 20.1 Å². The summed E-state index contributed by atoms with van der Waals surface area (Å²) in [7, 11) is 1.90. The Morgan fingerprint density at radius 1 is 1.50 bits per heavy atom. The minimum absolute atomic E-state index is 0.0421. The largest absolute Gasteiger partial charge is 0.372 e. The SMILES string of the molecule is Cn1cnc(C2NCCOC23CCCC3)n1. The van der Waals surface area contributed by atoms with Crippen molar-refractivity contribution < 1.29 is 4.74 Å². The molecule has 1 aromatic heterocycles. The Balaban J connectivity index is 1.91. The molecule has 1 aromatic rings. The smallest absolute Gasteiger partial charge is 0.170 e. The predicted octanol–water partition coefficient (Wildman–Crippen LogP) is 0.789. The molecule has 1 unspecified atom stereocenters. The van der Waals surface area contributed by atoms with Gasteiger partial charge in [0.25, 0.3) is 0 Å². The van der Waals surface area contributed by atoms with Gasteiger partial charge in [-0.05, 0) is 12.8 Å². The summed E-state index contributed by atoms with van der Waals surface area (Å²) < 4.78 is 7.81. The molecule has 5 heteroatoms. The average molecular weight is 222 g/mol. The molecule has 2 fully saturated rings. The molecule has 2 aliphatic rings. The van der Waals surface area contributed by atoms with Crippen LogP contribution >= 0.6 is 0 Å². The summed E-state index contributed by atoms with van der Waals surface area (Å²) in [6.07, 6.45) is 6.52. The molecule has 1 N–H and O–H groups in total. The van der Waals surface area contributed by atoms with Crippen LogP contribution in [0.15, 0.2) is 6.33 Å². The highest BCUT2D eigenvalue weighted by atomic mass is 16.5. The molecule has 16 heavy (non-hydrogen) atoms.